The number of halogens is 2. The topological polar surface area (TPSA) is 75.2 Å². The van der Waals surface area contributed by atoms with Crippen LogP contribution in [-0.4, -0.2) is 34.4 Å². The first-order chi connectivity index (χ1) is 13.9. The normalized spacial score (nSPS) is 11.6. The molecule has 3 rings (SSSR count). The minimum atomic E-state index is -0.337. The average molecular weight is 429 g/mol. The van der Waals surface area contributed by atoms with Crippen LogP contribution in [0.15, 0.2) is 67.0 Å². The molecule has 8 heteroatoms. The number of hydrogen-bond acceptors (Lipinski definition) is 4. The van der Waals surface area contributed by atoms with Gasteiger partial charge in [0.1, 0.15) is 10.3 Å². The number of hydrogen-bond donors (Lipinski definition) is 1. The van der Waals surface area contributed by atoms with Gasteiger partial charge in [-0.2, -0.15) is 0 Å². The van der Waals surface area contributed by atoms with E-state index in [0.717, 1.165) is 0 Å². The summed E-state index contributed by atoms with van der Waals surface area (Å²) >= 11 is 11.8. The Kier molecular flexibility index (Phi) is 6.80. The molecule has 2 aromatic heterocycles. The summed E-state index contributed by atoms with van der Waals surface area (Å²) in [6.45, 7) is 2.08. The molecule has 0 saturated carbocycles. The Morgan fingerprint density at radius 3 is 2.17 bits per heavy atom. The van der Waals surface area contributed by atoms with E-state index in [2.05, 4.69) is 15.3 Å². The van der Waals surface area contributed by atoms with Crippen molar-refractivity contribution in [3.8, 4) is 0 Å². The molecule has 0 bridgehead atoms. The monoisotopic (exact) mass is 428 g/mol. The van der Waals surface area contributed by atoms with Gasteiger partial charge in [-0.15, -0.1) is 0 Å². The highest BCUT2D eigenvalue weighted by Crippen LogP contribution is 2.19. The van der Waals surface area contributed by atoms with Crippen LogP contribution < -0.4 is 10.2 Å². The predicted octanol–water partition coefficient (Wildman–Crippen LogP) is 4.25. The van der Waals surface area contributed by atoms with Gasteiger partial charge >= 0.3 is 0 Å². The van der Waals surface area contributed by atoms with E-state index in [1.54, 1.807) is 17.0 Å². The van der Waals surface area contributed by atoms with Crippen molar-refractivity contribution in [1.82, 2.24) is 15.3 Å². The lowest BCUT2D eigenvalue weighted by Crippen LogP contribution is -2.44. The molecule has 6 nitrogen and oxygen atoms in total. The lowest BCUT2D eigenvalue weighted by molar-refractivity contribution is 0.0927. The van der Waals surface area contributed by atoms with Crippen LogP contribution in [0.25, 0.3) is 0 Å². The number of para-hydroxylation sites is 1. The summed E-state index contributed by atoms with van der Waals surface area (Å²) in [4.78, 5) is 35.0. The maximum absolute atomic E-state index is 13.1. The van der Waals surface area contributed by atoms with E-state index in [1.807, 2.05) is 37.3 Å². The molecule has 2 heterocycles. The fourth-order valence-corrected chi connectivity index (χ4v) is 3.12. The Morgan fingerprint density at radius 2 is 1.55 bits per heavy atom. The van der Waals surface area contributed by atoms with Gasteiger partial charge in [-0.3, -0.25) is 9.59 Å². The highest BCUT2D eigenvalue weighted by molar-refractivity contribution is 6.30. The van der Waals surface area contributed by atoms with Gasteiger partial charge in [0.2, 0.25) is 0 Å². The minimum Gasteiger partial charge on any atom is -0.348 e. The number of anilines is 1. The Balaban J connectivity index is 1.79. The van der Waals surface area contributed by atoms with Crippen LogP contribution in [0.1, 0.15) is 27.6 Å². The fraction of sp³-hybridized carbons (Fsp3) is 0.143. The third-order valence-electron chi connectivity index (χ3n) is 4.11. The predicted molar refractivity (Wildman–Crippen MR) is 114 cm³/mol. The Labute approximate surface area is 178 Å². The highest BCUT2D eigenvalue weighted by Gasteiger charge is 2.21. The van der Waals surface area contributed by atoms with Gasteiger partial charge in [-0.1, -0.05) is 41.4 Å². The first-order valence-electron chi connectivity index (χ1n) is 8.85. The zero-order valence-electron chi connectivity index (χ0n) is 15.5. The molecular formula is C21H18Cl2N4O2. The van der Waals surface area contributed by atoms with Crippen LogP contribution in [0.3, 0.4) is 0 Å². The molecule has 1 aromatic carbocycles. The van der Waals surface area contributed by atoms with E-state index in [4.69, 9.17) is 23.2 Å². The van der Waals surface area contributed by atoms with Crippen LogP contribution in [0.5, 0.6) is 0 Å². The molecule has 148 valence electrons. The zero-order valence-corrected chi connectivity index (χ0v) is 17.1. The summed E-state index contributed by atoms with van der Waals surface area (Å²) in [5, 5.41) is 3.36. The molecule has 0 radical (unpaired) electrons. The third kappa shape index (κ3) is 5.53. The van der Waals surface area contributed by atoms with Crippen molar-refractivity contribution in [2.24, 2.45) is 0 Å². The summed E-state index contributed by atoms with van der Waals surface area (Å²) < 4.78 is 0. The van der Waals surface area contributed by atoms with E-state index in [-0.39, 0.29) is 34.7 Å². The van der Waals surface area contributed by atoms with E-state index in [9.17, 15) is 9.59 Å². The lowest BCUT2D eigenvalue weighted by atomic mass is 10.1. The average Bonchev–Trinajstić information content (AvgIpc) is 2.72. The fourth-order valence-electron chi connectivity index (χ4n) is 2.78. The molecule has 0 aliphatic rings. The summed E-state index contributed by atoms with van der Waals surface area (Å²) in [7, 11) is 0. The second kappa shape index (κ2) is 9.49. The molecule has 0 spiro atoms. The second-order valence-corrected chi connectivity index (χ2v) is 7.13. The molecule has 0 saturated heterocycles. The molecule has 29 heavy (non-hydrogen) atoms. The number of pyridine rings is 2. The highest BCUT2D eigenvalue weighted by atomic mass is 35.5. The number of carbonyl (C=O) groups excluding carboxylic acids is 2. The van der Waals surface area contributed by atoms with Crippen LogP contribution >= 0.6 is 23.2 Å². The number of nitrogens with zero attached hydrogens (tertiary/aromatic N) is 3. The molecular weight excluding hydrogens is 411 g/mol. The SMILES string of the molecule is CC(CN(C(=O)c1ccnc(Cl)c1)c1ccccc1)NC(=O)c1ccnc(Cl)c1. The largest absolute Gasteiger partial charge is 0.348 e. The minimum absolute atomic E-state index is 0.236. The maximum Gasteiger partial charge on any atom is 0.258 e. The van der Waals surface area contributed by atoms with Gasteiger partial charge < -0.3 is 10.2 Å². The van der Waals surface area contributed by atoms with Crippen LogP contribution in [0.4, 0.5) is 5.69 Å². The molecule has 0 aliphatic carbocycles. The number of aromatic nitrogens is 2. The number of benzene rings is 1. The van der Waals surface area contributed by atoms with Gasteiger partial charge in [0.25, 0.3) is 11.8 Å². The van der Waals surface area contributed by atoms with Crippen LogP contribution in [0.2, 0.25) is 10.3 Å². The second-order valence-electron chi connectivity index (χ2n) is 6.36. The molecule has 1 unspecified atom stereocenters. The van der Waals surface area contributed by atoms with Crippen molar-refractivity contribution in [2.45, 2.75) is 13.0 Å². The summed E-state index contributed by atoms with van der Waals surface area (Å²) in [6, 6.07) is 15.1. The number of amides is 2. The van der Waals surface area contributed by atoms with Gasteiger partial charge in [0.15, 0.2) is 0 Å². The van der Waals surface area contributed by atoms with Crippen molar-refractivity contribution in [3.05, 3.63) is 88.4 Å². The van der Waals surface area contributed by atoms with Crippen molar-refractivity contribution < 1.29 is 9.59 Å². The van der Waals surface area contributed by atoms with Crippen LogP contribution in [-0.2, 0) is 0 Å². The van der Waals surface area contributed by atoms with Crippen molar-refractivity contribution in [3.63, 3.8) is 0 Å². The summed E-state index contributed by atoms with van der Waals surface area (Å²) in [5.41, 5.74) is 1.52. The first kappa shape index (κ1) is 20.8. The molecule has 3 aromatic rings. The number of nitrogens with one attached hydrogen (secondary N) is 1. The number of rotatable bonds is 6. The maximum atomic E-state index is 13.1. The quantitative estimate of drug-likeness (QED) is 0.595. The van der Waals surface area contributed by atoms with Crippen molar-refractivity contribution in [2.75, 3.05) is 11.4 Å². The Morgan fingerprint density at radius 1 is 0.966 bits per heavy atom. The van der Waals surface area contributed by atoms with E-state index in [0.29, 0.717) is 16.8 Å². The third-order valence-corrected chi connectivity index (χ3v) is 4.52. The summed E-state index contributed by atoms with van der Waals surface area (Å²) in [6.07, 6.45) is 2.95. The molecule has 2 amide bonds. The van der Waals surface area contributed by atoms with Gasteiger partial charge in [-0.25, -0.2) is 9.97 Å². The van der Waals surface area contributed by atoms with Crippen molar-refractivity contribution >= 4 is 40.7 Å². The molecule has 0 fully saturated rings. The van der Waals surface area contributed by atoms with Gasteiger partial charge in [0, 0.05) is 41.8 Å². The van der Waals surface area contributed by atoms with Crippen molar-refractivity contribution in [1.29, 1.82) is 0 Å². The van der Waals surface area contributed by atoms with Gasteiger partial charge in [0.05, 0.1) is 0 Å². The Hall–Kier alpha value is -2.96. The lowest BCUT2D eigenvalue weighted by Gasteiger charge is -2.27. The van der Waals surface area contributed by atoms with E-state index in [1.165, 1.54) is 24.5 Å². The molecule has 1 atom stereocenters. The van der Waals surface area contributed by atoms with E-state index >= 15 is 0 Å². The van der Waals surface area contributed by atoms with Crippen LogP contribution in [0, 0.1) is 0 Å². The smallest absolute Gasteiger partial charge is 0.258 e. The van der Waals surface area contributed by atoms with E-state index < -0.39 is 0 Å². The molecule has 1 N–H and O–H groups in total. The summed E-state index contributed by atoms with van der Waals surface area (Å²) in [5.74, 6) is -0.539. The standard InChI is InChI=1S/C21H18Cl2N4O2/c1-14(26-20(28)15-7-9-24-18(22)11-15)13-27(17-5-3-2-4-6-17)21(29)16-8-10-25-19(23)12-16/h2-12,14H,13H2,1H3,(H,26,28). The zero-order chi connectivity index (χ0) is 20.8. The first-order valence-corrected chi connectivity index (χ1v) is 9.60. The van der Waals surface area contributed by atoms with Gasteiger partial charge in [-0.05, 0) is 43.3 Å². The molecule has 0 aliphatic heterocycles. The Bertz CT molecular complexity index is 1010. The number of carbonyl (C=O) groups is 2.